The van der Waals surface area contributed by atoms with Crippen LogP contribution >= 0.6 is 0 Å². The molecule has 0 spiro atoms. The molecule has 72 valence electrons. The Kier molecular flexibility index (Phi) is 2.12. The summed E-state index contributed by atoms with van der Waals surface area (Å²) < 4.78 is 0. The van der Waals surface area contributed by atoms with Gasteiger partial charge in [0, 0.05) is 18.8 Å². The monoisotopic (exact) mass is 187 g/mol. The SMILES string of the molecule is CC1=CC(=O)N(C)c2ccccc2C1. The van der Waals surface area contributed by atoms with Gasteiger partial charge in [0.2, 0.25) is 0 Å². The third-order valence-corrected chi connectivity index (χ3v) is 2.52. The van der Waals surface area contributed by atoms with Crippen LogP contribution in [-0.2, 0) is 11.2 Å². The Morgan fingerprint density at radius 2 is 2.00 bits per heavy atom. The molecule has 0 fully saturated rings. The molecule has 2 rings (SSSR count). The lowest BCUT2D eigenvalue weighted by Crippen LogP contribution is -2.23. The van der Waals surface area contributed by atoms with Gasteiger partial charge in [0.25, 0.3) is 5.91 Å². The molecule has 1 aliphatic rings. The zero-order chi connectivity index (χ0) is 10.1. The first-order chi connectivity index (χ1) is 6.68. The Morgan fingerprint density at radius 3 is 2.79 bits per heavy atom. The molecule has 1 aromatic rings. The predicted octanol–water partition coefficient (Wildman–Crippen LogP) is 2.15. The van der Waals surface area contributed by atoms with Gasteiger partial charge in [-0.2, -0.15) is 0 Å². The second kappa shape index (κ2) is 3.29. The van der Waals surface area contributed by atoms with Crippen molar-refractivity contribution in [2.45, 2.75) is 13.3 Å². The van der Waals surface area contributed by atoms with E-state index in [0.29, 0.717) is 0 Å². The average Bonchev–Trinajstić information content (AvgIpc) is 2.26. The summed E-state index contributed by atoms with van der Waals surface area (Å²) in [6, 6.07) is 8.03. The molecule has 2 heteroatoms. The van der Waals surface area contributed by atoms with Crippen LogP contribution in [0.25, 0.3) is 0 Å². The highest BCUT2D eigenvalue weighted by molar-refractivity contribution is 6.02. The fraction of sp³-hybridized carbons (Fsp3) is 0.250. The highest BCUT2D eigenvalue weighted by atomic mass is 16.2. The van der Waals surface area contributed by atoms with Gasteiger partial charge in [0.15, 0.2) is 0 Å². The second-order valence-corrected chi connectivity index (χ2v) is 3.69. The largest absolute Gasteiger partial charge is 0.312 e. The lowest BCUT2D eigenvalue weighted by atomic mass is 10.1. The van der Waals surface area contributed by atoms with Crippen LogP contribution in [0.1, 0.15) is 12.5 Å². The first-order valence-corrected chi connectivity index (χ1v) is 4.71. The molecule has 1 aliphatic heterocycles. The Balaban J connectivity index is 2.55. The van der Waals surface area contributed by atoms with E-state index in [1.807, 2.05) is 32.2 Å². The summed E-state index contributed by atoms with van der Waals surface area (Å²) >= 11 is 0. The van der Waals surface area contributed by atoms with Crippen LogP contribution in [0.5, 0.6) is 0 Å². The molecular formula is C12H13NO. The van der Waals surface area contributed by atoms with E-state index in [-0.39, 0.29) is 5.91 Å². The minimum Gasteiger partial charge on any atom is -0.312 e. The Hall–Kier alpha value is -1.57. The molecule has 0 saturated heterocycles. The minimum atomic E-state index is 0.0625. The lowest BCUT2D eigenvalue weighted by Gasteiger charge is -2.16. The third-order valence-electron chi connectivity index (χ3n) is 2.52. The highest BCUT2D eigenvalue weighted by Crippen LogP contribution is 2.25. The number of anilines is 1. The van der Waals surface area contributed by atoms with E-state index < -0.39 is 0 Å². The van der Waals surface area contributed by atoms with Crippen molar-refractivity contribution in [1.29, 1.82) is 0 Å². The van der Waals surface area contributed by atoms with E-state index in [9.17, 15) is 4.79 Å². The number of carbonyl (C=O) groups is 1. The van der Waals surface area contributed by atoms with E-state index in [4.69, 9.17) is 0 Å². The number of rotatable bonds is 0. The molecule has 14 heavy (non-hydrogen) atoms. The first kappa shape index (κ1) is 9.00. The topological polar surface area (TPSA) is 20.3 Å². The van der Waals surface area contributed by atoms with Crippen molar-refractivity contribution in [1.82, 2.24) is 0 Å². The summed E-state index contributed by atoms with van der Waals surface area (Å²) in [7, 11) is 1.82. The highest BCUT2D eigenvalue weighted by Gasteiger charge is 2.16. The number of hydrogen-bond acceptors (Lipinski definition) is 1. The quantitative estimate of drug-likeness (QED) is 0.609. The summed E-state index contributed by atoms with van der Waals surface area (Å²) in [5, 5.41) is 0. The second-order valence-electron chi connectivity index (χ2n) is 3.69. The molecule has 0 aliphatic carbocycles. The molecule has 1 heterocycles. The van der Waals surface area contributed by atoms with Gasteiger partial charge in [-0.15, -0.1) is 0 Å². The van der Waals surface area contributed by atoms with Gasteiger partial charge in [0.05, 0.1) is 0 Å². The smallest absolute Gasteiger partial charge is 0.250 e. The lowest BCUT2D eigenvalue weighted by molar-refractivity contribution is -0.113. The summed E-state index contributed by atoms with van der Waals surface area (Å²) in [4.78, 5) is 13.3. The minimum absolute atomic E-state index is 0.0625. The van der Waals surface area contributed by atoms with Crippen LogP contribution < -0.4 is 4.90 Å². The number of amides is 1. The Bertz CT molecular complexity index is 407. The van der Waals surface area contributed by atoms with Gasteiger partial charge in [0.1, 0.15) is 0 Å². The summed E-state index contributed by atoms with van der Waals surface area (Å²) in [5.41, 5.74) is 3.35. The van der Waals surface area contributed by atoms with Gasteiger partial charge in [-0.1, -0.05) is 23.8 Å². The molecular weight excluding hydrogens is 174 g/mol. The van der Waals surface area contributed by atoms with Gasteiger partial charge >= 0.3 is 0 Å². The normalized spacial score (nSPS) is 16.0. The number of nitrogens with zero attached hydrogens (tertiary/aromatic N) is 1. The average molecular weight is 187 g/mol. The van der Waals surface area contributed by atoms with Crippen LogP contribution in [0.3, 0.4) is 0 Å². The van der Waals surface area contributed by atoms with Crippen molar-refractivity contribution in [2.75, 3.05) is 11.9 Å². The van der Waals surface area contributed by atoms with Crippen LogP contribution in [-0.4, -0.2) is 13.0 Å². The van der Waals surface area contributed by atoms with Crippen molar-refractivity contribution >= 4 is 11.6 Å². The maximum atomic E-state index is 11.6. The molecule has 2 nitrogen and oxygen atoms in total. The van der Waals surface area contributed by atoms with Crippen molar-refractivity contribution < 1.29 is 4.79 Å². The van der Waals surface area contributed by atoms with Crippen LogP contribution in [0.15, 0.2) is 35.9 Å². The standard InChI is InChI=1S/C12H13NO/c1-9-7-10-5-3-4-6-11(10)13(2)12(14)8-9/h3-6,8H,7H2,1-2H3. The van der Waals surface area contributed by atoms with Gasteiger partial charge < -0.3 is 4.90 Å². The number of fused-ring (bicyclic) bond motifs is 1. The first-order valence-electron chi connectivity index (χ1n) is 4.71. The zero-order valence-corrected chi connectivity index (χ0v) is 8.45. The third kappa shape index (κ3) is 1.43. The summed E-state index contributed by atoms with van der Waals surface area (Å²) in [6.45, 7) is 1.99. The number of para-hydroxylation sites is 1. The number of allylic oxidation sites excluding steroid dienone is 1. The van der Waals surface area contributed by atoms with Crippen LogP contribution in [0, 0.1) is 0 Å². The van der Waals surface area contributed by atoms with E-state index in [1.54, 1.807) is 11.0 Å². The number of carbonyl (C=O) groups excluding carboxylic acids is 1. The number of likely N-dealkylation sites (N-methyl/N-ethyl adjacent to an activating group) is 1. The molecule has 1 amide bonds. The Labute approximate surface area is 83.8 Å². The molecule has 0 aromatic heterocycles. The molecule has 0 N–H and O–H groups in total. The molecule has 1 aromatic carbocycles. The van der Waals surface area contributed by atoms with E-state index in [0.717, 1.165) is 17.7 Å². The zero-order valence-electron chi connectivity index (χ0n) is 8.45. The molecule has 0 bridgehead atoms. The maximum absolute atomic E-state index is 11.6. The summed E-state index contributed by atoms with van der Waals surface area (Å²) in [5.74, 6) is 0.0625. The van der Waals surface area contributed by atoms with Gasteiger partial charge in [-0.3, -0.25) is 4.79 Å². The van der Waals surface area contributed by atoms with Crippen LogP contribution in [0.2, 0.25) is 0 Å². The molecule has 0 saturated carbocycles. The van der Waals surface area contributed by atoms with Crippen molar-refractivity contribution in [2.24, 2.45) is 0 Å². The van der Waals surface area contributed by atoms with Crippen molar-refractivity contribution in [3.05, 3.63) is 41.5 Å². The summed E-state index contributed by atoms with van der Waals surface area (Å²) in [6.07, 6.45) is 2.58. The number of hydrogen-bond donors (Lipinski definition) is 0. The fourth-order valence-corrected chi connectivity index (χ4v) is 1.77. The van der Waals surface area contributed by atoms with Crippen molar-refractivity contribution in [3.63, 3.8) is 0 Å². The van der Waals surface area contributed by atoms with E-state index >= 15 is 0 Å². The van der Waals surface area contributed by atoms with E-state index in [1.165, 1.54) is 5.56 Å². The molecule has 0 unspecified atom stereocenters. The van der Waals surface area contributed by atoms with Gasteiger partial charge in [-0.25, -0.2) is 0 Å². The maximum Gasteiger partial charge on any atom is 0.250 e. The number of benzene rings is 1. The predicted molar refractivity (Wildman–Crippen MR) is 57.3 cm³/mol. The van der Waals surface area contributed by atoms with E-state index in [2.05, 4.69) is 6.07 Å². The van der Waals surface area contributed by atoms with Crippen molar-refractivity contribution in [3.8, 4) is 0 Å². The Morgan fingerprint density at radius 1 is 1.29 bits per heavy atom. The van der Waals surface area contributed by atoms with Gasteiger partial charge in [-0.05, 0) is 25.0 Å². The van der Waals surface area contributed by atoms with Crippen LogP contribution in [0.4, 0.5) is 5.69 Å². The fourth-order valence-electron chi connectivity index (χ4n) is 1.77. The molecule has 0 atom stereocenters. The molecule has 0 radical (unpaired) electrons.